The van der Waals surface area contributed by atoms with Gasteiger partial charge in [-0.3, -0.25) is 0 Å². The lowest BCUT2D eigenvalue weighted by Gasteiger charge is -2.29. The molecule has 0 aromatic heterocycles. The minimum Gasteiger partial charge on any atom is -0.377 e. The molecule has 0 unspecified atom stereocenters. The largest absolute Gasteiger partial charge is 0.377 e. The molecular weight excluding hydrogens is 340 g/mol. The second-order valence-electron chi connectivity index (χ2n) is 8.31. The predicted octanol–water partition coefficient (Wildman–Crippen LogP) is 7.91. The van der Waals surface area contributed by atoms with E-state index in [1.165, 1.54) is 67.2 Å². The second kappa shape index (κ2) is 11.2. The smallest absolute Gasteiger partial charge is 0.0716 e. The maximum Gasteiger partial charge on any atom is 0.0716 e. The van der Waals surface area contributed by atoms with E-state index >= 15 is 0 Å². The lowest BCUT2D eigenvalue weighted by atomic mass is 9.77. The molecule has 2 aromatic rings. The maximum absolute atomic E-state index is 5.63. The number of ether oxygens (including phenoxy) is 1. The van der Waals surface area contributed by atoms with Crippen molar-refractivity contribution in [1.82, 2.24) is 0 Å². The fourth-order valence-electron chi connectivity index (χ4n) is 4.41. The predicted molar refractivity (Wildman–Crippen MR) is 121 cm³/mol. The number of rotatable bonds is 10. The molecule has 0 saturated heterocycles. The molecular formula is C27H36O. The van der Waals surface area contributed by atoms with E-state index in [0.29, 0.717) is 6.61 Å². The SMILES string of the molecule is C=CCCC[C@H]1CC[C@H](c2ccc(-c3ccc(COCCC)cc3)cc2)CC1. The Bertz CT molecular complexity index is 690. The first-order valence-corrected chi connectivity index (χ1v) is 11.2. The van der Waals surface area contributed by atoms with E-state index in [1.807, 2.05) is 0 Å². The first-order chi connectivity index (χ1) is 13.8. The van der Waals surface area contributed by atoms with Gasteiger partial charge in [0.05, 0.1) is 6.61 Å². The lowest BCUT2D eigenvalue weighted by Crippen LogP contribution is -2.13. The standard InChI is InChI=1S/C27H36O/c1-3-5-6-7-22-8-12-24(13-9-22)26-16-18-27(19-17-26)25-14-10-23(11-15-25)21-28-20-4-2/h3,10-11,14-19,22,24H,1,4-9,12-13,20-21H2,2H3/t22-,24-. The van der Waals surface area contributed by atoms with Gasteiger partial charge in [0.15, 0.2) is 0 Å². The molecule has 150 valence electrons. The minimum absolute atomic E-state index is 0.712. The average molecular weight is 377 g/mol. The highest BCUT2D eigenvalue weighted by Gasteiger charge is 2.21. The van der Waals surface area contributed by atoms with Crippen molar-refractivity contribution in [3.63, 3.8) is 0 Å². The van der Waals surface area contributed by atoms with E-state index in [1.54, 1.807) is 0 Å². The van der Waals surface area contributed by atoms with Crippen LogP contribution in [0.15, 0.2) is 61.2 Å². The molecule has 0 N–H and O–H groups in total. The van der Waals surface area contributed by atoms with E-state index < -0.39 is 0 Å². The molecule has 0 radical (unpaired) electrons. The molecule has 0 heterocycles. The van der Waals surface area contributed by atoms with Gasteiger partial charge in [-0.1, -0.05) is 68.0 Å². The Labute approximate surface area is 171 Å². The van der Waals surface area contributed by atoms with Crippen LogP contribution in [0.25, 0.3) is 11.1 Å². The molecule has 1 fully saturated rings. The van der Waals surface area contributed by atoms with Gasteiger partial charge in [0, 0.05) is 6.61 Å². The summed E-state index contributed by atoms with van der Waals surface area (Å²) in [7, 11) is 0. The van der Waals surface area contributed by atoms with Crippen LogP contribution in [0.3, 0.4) is 0 Å². The summed E-state index contributed by atoms with van der Waals surface area (Å²) < 4.78 is 5.63. The Morgan fingerprint density at radius 1 is 0.929 bits per heavy atom. The Balaban J connectivity index is 1.52. The lowest BCUT2D eigenvalue weighted by molar-refractivity contribution is 0.121. The third-order valence-corrected chi connectivity index (χ3v) is 6.15. The van der Waals surface area contributed by atoms with Gasteiger partial charge in [0.25, 0.3) is 0 Å². The van der Waals surface area contributed by atoms with Crippen LogP contribution < -0.4 is 0 Å². The summed E-state index contributed by atoms with van der Waals surface area (Å²) in [5, 5.41) is 0. The molecule has 2 aromatic carbocycles. The van der Waals surface area contributed by atoms with Crippen molar-refractivity contribution in [2.45, 2.75) is 70.8 Å². The monoisotopic (exact) mass is 376 g/mol. The Morgan fingerprint density at radius 2 is 1.57 bits per heavy atom. The fraction of sp³-hybridized carbons (Fsp3) is 0.481. The van der Waals surface area contributed by atoms with Gasteiger partial charge in [-0.2, -0.15) is 0 Å². The molecule has 0 amide bonds. The van der Waals surface area contributed by atoms with Crippen LogP contribution in [0.4, 0.5) is 0 Å². The molecule has 1 nitrogen and oxygen atoms in total. The molecule has 0 atom stereocenters. The molecule has 28 heavy (non-hydrogen) atoms. The van der Waals surface area contributed by atoms with Crippen molar-refractivity contribution in [2.24, 2.45) is 5.92 Å². The van der Waals surface area contributed by atoms with Gasteiger partial charge in [-0.25, -0.2) is 0 Å². The van der Waals surface area contributed by atoms with Crippen molar-refractivity contribution in [3.8, 4) is 11.1 Å². The molecule has 0 bridgehead atoms. The van der Waals surface area contributed by atoms with Gasteiger partial charge in [-0.05, 0) is 79.0 Å². The highest BCUT2D eigenvalue weighted by Crippen LogP contribution is 2.38. The highest BCUT2D eigenvalue weighted by atomic mass is 16.5. The summed E-state index contributed by atoms with van der Waals surface area (Å²) in [6.45, 7) is 7.52. The van der Waals surface area contributed by atoms with Crippen molar-refractivity contribution < 1.29 is 4.74 Å². The molecule has 3 rings (SSSR count). The van der Waals surface area contributed by atoms with Crippen molar-refractivity contribution in [3.05, 3.63) is 72.3 Å². The normalized spacial score (nSPS) is 19.5. The molecule has 1 aliphatic carbocycles. The topological polar surface area (TPSA) is 9.23 Å². The zero-order valence-corrected chi connectivity index (χ0v) is 17.5. The van der Waals surface area contributed by atoms with Crippen LogP contribution in [-0.2, 0) is 11.3 Å². The Hall–Kier alpha value is -1.86. The van der Waals surface area contributed by atoms with Crippen LogP contribution in [0.5, 0.6) is 0 Å². The third kappa shape index (κ3) is 6.07. The van der Waals surface area contributed by atoms with Crippen LogP contribution in [0.1, 0.15) is 75.3 Å². The van der Waals surface area contributed by atoms with Crippen LogP contribution in [0, 0.1) is 5.92 Å². The molecule has 1 saturated carbocycles. The maximum atomic E-state index is 5.63. The van der Waals surface area contributed by atoms with Gasteiger partial charge in [0.1, 0.15) is 0 Å². The Morgan fingerprint density at radius 3 is 2.18 bits per heavy atom. The van der Waals surface area contributed by atoms with E-state index in [4.69, 9.17) is 4.74 Å². The first kappa shape index (κ1) is 20.9. The summed E-state index contributed by atoms with van der Waals surface area (Å²) in [5.41, 5.74) is 5.37. The van der Waals surface area contributed by atoms with Crippen LogP contribution in [-0.4, -0.2) is 6.61 Å². The zero-order valence-electron chi connectivity index (χ0n) is 17.5. The molecule has 0 aliphatic heterocycles. The summed E-state index contributed by atoms with van der Waals surface area (Å²) in [6.07, 6.45) is 12.5. The Kier molecular flexibility index (Phi) is 8.36. The molecule has 0 spiro atoms. The van der Waals surface area contributed by atoms with Gasteiger partial charge < -0.3 is 4.74 Å². The van der Waals surface area contributed by atoms with Crippen molar-refractivity contribution in [2.75, 3.05) is 6.61 Å². The number of hydrogen-bond donors (Lipinski definition) is 0. The number of unbranched alkanes of at least 4 members (excludes halogenated alkanes) is 1. The van der Waals surface area contributed by atoms with Crippen molar-refractivity contribution >= 4 is 0 Å². The summed E-state index contributed by atoms with van der Waals surface area (Å²) in [4.78, 5) is 0. The third-order valence-electron chi connectivity index (χ3n) is 6.15. The van der Waals surface area contributed by atoms with E-state index in [9.17, 15) is 0 Å². The van der Waals surface area contributed by atoms with Crippen molar-refractivity contribution in [1.29, 1.82) is 0 Å². The van der Waals surface area contributed by atoms with Gasteiger partial charge in [0.2, 0.25) is 0 Å². The zero-order chi connectivity index (χ0) is 19.6. The number of hydrogen-bond acceptors (Lipinski definition) is 1. The van der Waals surface area contributed by atoms with E-state index in [0.717, 1.165) is 24.9 Å². The van der Waals surface area contributed by atoms with E-state index in [2.05, 4.69) is 68.1 Å². The second-order valence-corrected chi connectivity index (χ2v) is 8.31. The van der Waals surface area contributed by atoms with Crippen LogP contribution >= 0.6 is 0 Å². The fourth-order valence-corrected chi connectivity index (χ4v) is 4.41. The summed E-state index contributed by atoms with van der Waals surface area (Å²) >= 11 is 0. The quantitative estimate of drug-likeness (QED) is 0.302. The van der Waals surface area contributed by atoms with Gasteiger partial charge in [-0.15, -0.1) is 6.58 Å². The highest BCUT2D eigenvalue weighted by molar-refractivity contribution is 5.64. The minimum atomic E-state index is 0.712. The van der Waals surface area contributed by atoms with Gasteiger partial charge >= 0.3 is 0 Å². The molecule has 1 aliphatic rings. The summed E-state index contributed by atoms with van der Waals surface area (Å²) in [6, 6.07) is 18.1. The summed E-state index contributed by atoms with van der Waals surface area (Å²) in [5.74, 6) is 1.69. The number of benzene rings is 2. The number of allylic oxidation sites excluding steroid dienone is 1. The van der Waals surface area contributed by atoms with Crippen LogP contribution in [0.2, 0.25) is 0 Å². The van der Waals surface area contributed by atoms with E-state index in [-0.39, 0.29) is 0 Å². The first-order valence-electron chi connectivity index (χ1n) is 11.2. The average Bonchev–Trinajstić information content (AvgIpc) is 2.75. The molecule has 1 heteroatoms.